The van der Waals surface area contributed by atoms with Crippen molar-refractivity contribution in [1.82, 2.24) is 30.0 Å². The number of nitrogens with zero attached hydrogens (tertiary/aromatic N) is 5. The average Bonchev–Trinajstić information content (AvgIpc) is 3.21. The van der Waals surface area contributed by atoms with Crippen LogP contribution >= 0.6 is 0 Å². The summed E-state index contributed by atoms with van der Waals surface area (Å²) in [6, 6.07) is 4.12. The maximum Gasteiger partial charge on any atom is 0.194 e. The van der Waals surface area contributed by atoms with Crippen LogP contribution in [0.1, 0.15) is 30.7 Å². The molecule has 0 aliphatic carbocycles. The fourth-order valence-electron chi connectivity index (χ4n) is 3.16. The second kappa shape index (κ2) is 7.51. The summed E-state index contributed by atoms with van der Waals surface area (Å²) < 4.78 is 2.24. The molecule has 0 aromatic carbocycles. The Labute approximate surface area is 143 Å². The van der Waals surface area contributed by atoms with Crippen molar-refractivity contribution in [1.29, 1.82) is 0 Å². The molecule has 0 saturated carbocycles. The second-order valence-corrected chi connectivity index (χ2v) is 6.42. The van der Waals surface area contributed by atoms with Gasteiger partial charge in [-0.2, -0.15) is 0 Å². The maximum absolute atomic E-state index is 4.87. The van der Waals surface area contributed by atoms with Gasteiger partial charge in [0.25, 0.3) is 0 Å². The van der Waals surface area contributed by atoms with Gasteiger partial charge in [-0.3, -0.25) is 4.99 Å². The summed E-state index contributed by atoms with van der Waals surface area (Å²) in [5, 5.41) is 11.8. The molecule has 1 atom stereocenters. The van der Waals surface area contributed by atoms with Crippen LogP contribution in [-0.4, -0.2) is 50.7 Å². The van der Waals surface area contributed by atoms with Crippen molar-refractivity contribution in [3.63, 3.8) is 0 Å². The van der Waals surface area contributed by atoms with Crippen molar-refractivity contribution in [2.24, 2.45) is 10.9 Å². The number of H-pyrrole nitrogens is 1. The molecule has 2 N–H and O–H groups in total. The Morgan fingerprint density at radius 2 is 2.38 bits per heavy atom. The largest absolute Gasteiger partial charge is 0.364 e. The molecule has 7 nitrogen and oxygen atoms in total. The molecule has 0 saturated heterocycles. The molecule has 1 unspecified atom stereocenters. The van der Waals surface area contributed by atoms with Crippen molar-refractivity contribution < 1.29 is 0 Å². The standard InChI is InChI=1S/C17H27N7/c1-4-18-17(23(3)12-15-6-5-9-19-15)20-10-14-7-8-16-22-21-13(2)24(16)11-14/h5-6,9,14,19H,4,7-8,10-12H2,1-3H3,(H,18,20). The first-order valence-electron chi connectivity index (χ1n) is 8.67. The fourth-order valence-corrected chi connectivity index (χ4v) is 3.16. The summed E-state index contributed by atoms with van der Waals surface area (Å²) in [5.74, 6) is 3.62. The van der Waals surface area contributed by atoms with Crippen LogP contribution in [0.15, 0.2) is 23.3 Å². The molecule has 2 aromatic heterocycles. The van der Waals surface area contributed by atoms with Crippen molar-refractivity contribution in [2.45, 2.75) is 39.8 Å². The van der Waals surface area contributed by atoms with E-state index in [-0.39, 0.29) is 0 Å². The number of fused-ring (bicyclic) bond motifs is 1. The van der Waals surface area contributed by atoms with Gasteiger partial charge in [0.15, 0.2) is 5.96 Å². The summed E-state index contributed by atoms with van der Waals surface area (Å²) >= 11 is 0. The lowest BCUT2D eigenvalue weighted by molar-refractivity contribution is 0.366. The molecule has 0 fully saturated rings. The van der Waals surface area contributed by atoms with Crippen molar-refractivity contribution in [3.8, 4) is 0 Å². The van der Waals surface area contributed by atoms with Crippen LogP contribution in [0.4, 0.5) is 0 Å². The quantitative estimate of drug-likeness (QED) is 0.645. The Hall–Kier alpha value is -2.31. The molecule has 24 heavy (non-hydrogen) atoms. The van der Waals surface area contributed by atoms with Crippen LogP contribution in [0, 0.1) is 12.8 Å². The highest BCUT2D eigenvalue weighted by Gasteiger charge is 2.21. The first-order valence-corrected chi connectivity index (χ1v) is 8.67. The zero-order valence-corrected chi connectivity index (χ0v) is 14.8. The number of hydrogen-bond donors (Lipinski definition) is 2. The highest BCUT2D eigenvalue weighted by atomic mass is 15.3. The lowest BCUT2D eigenvalue weighted by Gasteiger charge is -2.25. The average molecular weight is 329 g/mol. The van der Waals surface area contributed by atoms with Crippen molar-refractivity contribution >= 4 is 5.96 Å². The van der Waals surface area contributed by atoms with Gasteiger partial charge in [-0.25, -0.2) is 0 Å². The van der Waals surface area contributed by atoms with Crippen LogP contribution in [0.3, 0.4) is 0 Å². The maximum atomic E-state index is 4.87. The van der Waals surface area contributed by atoms with E-state index in [0.29, 0.717) is 5.92 Å². The molecular weight excluding hydrogens is 302 g/mol. The molecule has 130 valence electrons. The smallest absolute Gasteiger partial charge is 0.194 e. The zero-order chi connectivity index (χ0) is 16.9. The predicted molar refractivity (Wildman–Crippen MR) is 94.8 cm³/mol. The van der Waals surface area contributed by atoms with Gasteiger partial charge in [0.05, 0.1) is 6.54 Å². The number of aliphatic imine (C=N–C) groups is 1. The number of guanidine groups is 1. The number of aromatic amines is 1. The van der Waals surface area contributed by atoms with Crippen LogP contribution in [0.2, 0.25) is 0 Å². The Balaban J connectivity index is 1.62. The monoisotopic (exact) mass is 329 g/mol. The molecule has 3 heterocycles. The zero-order valence-electron chi connectivity index (χ0n) is 14.8. The lowest BCUT2D eigenvalue weighted by atomic mass is 9.99. The molecule has 0 spiro atoms. The van der Waals surface area contributed by atoms with Gasteiger partial charge in [0.2, 0.25) is 0 Å². The Morgan fingerprint density at radius 1 is 1.50 bits per heavy atom. The van der Waals surface area contributed by atoms with Gasteiger partial charge >= 0.3 is 0 Å². The van der Waals surface area contributed by atoms with E-state index in [1.165, 1.54) is 5.69 Å². The van der Waals surface area contributed by atoms with E-state index >= 15 is 0 Å². The summed E-state index contributed by atoms with van der Waals surface area (Å²) in [5.41, 5.74) is 1.19. The molecule has 0 amide bonds. The van der Waals surface area contributed by atoms with E-state index in [1.807, 2.05) is 19.2 Å². The Kier molecular flexibility index (Phi) is 5.17. The third-order valence-electron chi connectivity index (χ3n) is 4.49. The third kappa shape index (κ3) is 3.77. The molecular formula is C17H27N7. The van der Waals surface area contributed by atoms with E-state index in [1.54, 1.807) is 0 Å². The number of rotatable bonds is 5. The highest BCUT2D eigenvalue weighted by molar-refractivity contribution is 5.79. The Bertz CT molecular complexity index is 671. The predicted octanol–water partition coefficient (Wildman–Crippen LogP) is 1.57. The van der Waals surface area contributed by atoms with E-state index in [9.17, 15) is 0 Å². The summed E-state index contributed by atoms with van der Waals surface area (Å²) in [6.07, 6.45) is 4.08. The number of aromatic nitrogens is 4. The van der Waals surface area contributed by atoms with Gasteiger partial charge in [-0.05, 0) is 38.3 Å². The number of aryl methyl sites for hydroxylation is 2. The molecule has 1 aliphatic heterocycles. The third-order valence-corrected chi connectivity index (χ3v) is 4.49. The normalized spacial score (nSPS) is 17.6. The van der Waals surface area contributed by atoms with Crippen molar-refractivity contribution in [2.75, 3.05) is 20.1 Å². The van der Waals surface area contributed by atoms with E-state index < -0.39 is 0 Å². The van der Waals surface area contributed by atoms with Crippen LogP contribution in [-0.2, 0) is 19.5 Å². The van der Waals surface area contributed by atoms with Gasteiger partial charge in [-0.1, -0.05) is 0 Å². The second-order valence-electron chi connectivity index (χ2n) is 6.42. The molecule has 3 rings (SSSR count). The number of hydrogen-bond acceptors (Lipinski definition) is 3. The van der Waals surface area contributed by atoms with Gasteiger partial charge < -0.3 is 19.8 Å². The first kappa shape index (κ1) is 16.5. The minimum atomic E-state index is 0.541. The lowest BCUT2D eigenvalue weighted by Crippen LogP contribution is -2.39. The SMILES string of the molecule is CCNC(=NCC1CCc2nnc(C)n2C1)N(C)Cc1ccc[nH]1. The summed E-state index contributed by atoms with van der Waals surface area (Å²) in [7, 11) is 2.07. The molecule has 7 heteroatoms. The highest BCUT2D eigenvalue weighted by Crippen LogP contribution is 2.20. The van der Waals surface area contributed by atoms with Crippen LogP contribution < -0.4 is 5.32 Å². The molecule has 1 aliphatic rings. The Morgan fingerprint density at radius 3 is 3.12 bits per heavy atom. The van der Waals surface area contributed by atoms with E-state index in [0.717, 1.165) is 56.6 Å². The first-order chi connectivity index (χ1) is 11.7. The van der Waals surface area contributed by atoms with Crippen molar-refractivity contribution in [3.05, 3.63) is 35.7 Å². The minimum absolute atomic E-state index is 0.541. The van der Waals surface area contributed by atoms with Crippen LogP contribution in [0.5, 0.6) is 0 Å². The van der Waals surface area contributed by atoms with E-state index in [2.05, 4.69) is 50.0 Å². The van der Waals surface area contributed by atoms with Gasteiger partial charge in [0.1, 0.15) is 11.6 Å². The molecule has 0 bridgehead atoms. The van der Waals surface area contributed by atoms with E-state index in [4.69, 9.17) is 4.99 Å². The summed E-state index contributed by atoms with van der Waals surface area (Å²) in [6.45, 7) is 7.61. The summed E-state index contributed by atoms with van der Waals surface area (Å²) in [4.78, 5) is 10.3. The fraction of sp³-hybridized carbons (Fsp3) is 0.588. The minimum Gasteiger partial charge on any atom is -0.364 e. The molecule has 0 radical (unpaired) electrons. The van der Waals surface area contributed by atoms with Gasteiger partial charge in [-0.15, -0.1) is 10.2 Å². The van der Waals surface area contributed by atoms with Crippen LogP contribution in [0.25, 0.3) is 0 Å². The topological polar surface area (TPSA) is 74.1 Å². The number of nitrogens with one attached hydrogen (secondary N) is 2. The molecule has 2 aromatic rings. The van der Waals surface area contributed by atoms with Gasteiger partial charge in [0, 0.05) is 45.0 Å².